The molecule has 6 heteroatoms. The smallest absolute Gasteiger partial charge is 0.407 e. The molecule has 2 N–H and O–H groups in total. The van der Waals surface area contributed by atoms with Gasteiger partial charge in [0.05, 0.1) is 13.2 Å². The van der Waals surface area contributed by atoms with Crippen LogP contribution < -0.4 is 5.32 Å². The molecule has 86 valence electrons. The van der Waals surface area contributed by atoms with E-state index in [1.165, 1.54) is 7.11 Å². The highest BCUT2D eigenvalue weighted by Gasteiger charge is 2.31. The minimum absolute atomic E-state index is 0.463. The number of alkyl carbamates (subject to hydrolysis) is 1. The fraction of sp³-hybridized carbons (Fsp3) is 0.778. The molecule has 1 aliphatic heterocycles. The zero-order valence-electron chi connectivity index (χ0n) is 8.56. The molecule has 1 amide bonds. The van der Waals surface area contributed by atoms with Gasteiger partial charge in [0.1, 0.15) is 0 Å². The number of ether oxygens (including phenoxy) is 2. The van der Waals surface area contributed by atoms with Crippen molar-refractivity contribution in [3.05, 3.63) is 0 Å². The number of amides is 1. The van der Waals surface area contributed by atoms with Gasteiger partial charge in [-0.3, -0.25) is 0 Å². The van der Waals surface area contributed by atoms with Gasteiger partial charge >= 0.3 is 12.1 Å². The van der Waals surface area contributed by atoms with Crippen LogP contribution in [0.1, 0.15) is 19.3 Å². The fourth-order valence-corrected chi connectivity index (χ4v) is 1.53. The van der Waals surface area contributed by atoms with E-state index in [1.54, 1.807) is 0 Å². The van der Waals surface area contributed by atoms with Crippen molar-refractivity contribution in [3.63, 3.8) is 0 Å². The van der Waals surface area contributed by atoms with Crippen LogP contribution >= 0.6 is 0 Å². The molecule has 1 fully saturated rings. The van der Waals surface area contributed by atoms with Crippen LogP contribution in [0.2, 0.25) is 0 Å². The molecule has 1 heterocycles. The highest BCUT2D eigenvalue weighted by molar-refractivity contribution is 5.80. The lowest BCUT2D eigenvalue weighted by molar-refractivity contribution is -0.144. The van der Waals surface area contributed by atoms with Gasteiger partial charge < -0.3 is 19.9 Å². The monoisotopic (exact) mass is 217 g/mol. The third-order valence-corrected chi connectivity index (χ3v) is 2.31. The number of nitrogens with one attached hydrogen (secondary N) is 1. The normalized spacial score (nSPS) is 22.9. The number of carbonyl (C=O) groups excluding carboxylic acids is 1. The summed E-state index contributed by atoms with van der Waals surface area (Å²) in [5.74, 6) is -1.10. The molecule has 0 radical (unpaired) electrons. The molecule has 1 rings (SSSR count). The van der Waals surface area contributed by atoms with Crippen LogP contribution in [0.3, 0.4) is 0 Å². The van der Waals surface area contributed by atoms with Crippen LogP contribution in [0.4, 0.5) is 4.79 Å². The second-order valence-corrected chi connectivity index (χ2v) is 3.36. The third kappa shape index (κ3) is 3.39. The van der Waals surface area contributed by atoms with Gasteiger partial charge in [-0.15, -0.1) is 0 Å². The molecular formula is C9H15NO5. The van der Waals surface area contributed by atoms with Gasteiger partial charge in [-0.2, -0.15) is 0 Å². The van der Waals surface area contributed by atoms with Crippen molar-refractivity contribution in [1.82, 2.24) is 5.32 Å². The van der Waals surface area contributed by atoms with Crippen molar-refractivity contribution in [1.29, 1.82) is 0 Å². The van der Waals surface area contributed by atoms with E-state index < -0.39 is 24.2 Å². The van der Waals surface area contributed by atoms with Crippen molar-refractivity contribution in [3.8, 4) is 0 Å². The average molecular weight is 217 g/mol. The Morgan fingerprint density at radius 3 is 2.73 bits per heavy atom. The maximum atomic E-state index is 10.9. The summed E-state index contributed by atoms with van der Waals surface area (Å²) < 4.78 is 9.65. The van der Waals surface area contributed by atoms with Gasteiger partial charge in [0.2, 0.25) is 0 Å². The Bertz CT molecular complexity index is 237. The lowest BCUT2D eigenvalue weighted by Gasteiger charge is -2.27. The van der Waals surface area contributed by atoms with Crippen LogP contribution in [0.15, 0.2) is 0 Å². The maximum absolute atomic E-state index is 10.9. The number of aliphatic carboxylic acids is 1. The quantitative estimate of drug-likeness (QED) is 0.713. The number of hydrogen-bond donors (Lipinski definition) is 2. The number of rotatable bonds is 3. The van der Waals surface area contributed by atoms with Crippen molar-refractivity contribution in [2.75, 3.05) is 13.7 Å². The first-order valence-electron chi connectivity index (χ1n) is 4.84. The van der Waals surface area contributed by atoms with E-state index in [9.17, 15) is 9.59 Å². The van der Waals surface area contributed by atoms with Crippen molar-refractivity contribution >= 4 is 12.1 Å². The summed E-state index contributed by atoms with van der Waals surface area (Å²) in [6, 6.07) is -1.03. The first-order valence-corrected chi connectivity index (χ1v) is 4.84. The zero-order valence-corrected chi connectivity index (χ0v) is 8.56. The molecule has 0 saturated carbocycles. The minimum atomic E-state index is -1.10. The maximum Gasteiger partial charge on any atom is 0.407 e. The molecule has 0 aliphatic carbocycles. The van der Waals surface area contributed by atoms with Crippen LogP contribution in [-0.2, 0) is 14.3 Å². The summed E-state index contributed by atoms with van der Waals surface area (Å²) in [4.78, 5) is 21.8. The molecule has 15 heavy (non-hydrogen) atoms. The van der Waals surface area contributed by atoms with E-state index in [1.807, 2.05) is 0 Å². The molecule has 0 spiro atoms. The van der Waals surface area contributed by atoms with Crippen molar-refractivity contribution in [2.45, 2.75) is 31.4 Å². The molecule has 6 nitrogen and oxygen atoms in total. The second kappa shape index (κ2) is 5.55. The Balaban J connectivity index is 2.55. The van der Waals surface area contributed by atoms with E-state index in [-0.39, 0.29) is 0 Å². The molecule has 1 saturated heterocycles. The first kappa shape index (κ1) is 11.8. The average Bonchev–Trinajstić information content (AvgIpc) is 2.26. The van der Waals surface area contributed by atoms with Crippen LogP contribution in [0.25, 0.3) is 0 Å². The molecule has 0 aromatic carbocycles. The summed E-state index contributed by atoms with van der Waals surface area (Å²) in [6.07, 6.45) is 1.27. The van der Waals surface area contributed by atoms with Crippen LogP contribution in [0, 0.1) is 0 Å². The molecule has 2 atom stereocenters. The molecule has 0 aromatic heterocycles. The number of hydrogen-bond acceptors (Lipinski definition) is 4. The van der Waals surface area contributed by atoms with Gasteiger partial charge in [0, 0.05) is 6.61 Å². The van der Waals surface area contributed by atoms with Gasteiger partial charge in [-0.05, 0) is 19.3 Å². The predicted molar refractivity (Wildman–Crippen MR) is 50.6 cm³/mol. The number of carbonyl (C=O) groups is 2. The summed E-state index contributed by atoms with van der Waals surface area (Å²) >= 11 is 0. The van der Waals surface area contributed by atoms with E-state index in [4.69, 9.17) is 9.84 Å². The van der Waals surface area contributed by atoms with E-state index in [2.05, 4.69) is 10.1 Å². The molecule has 0 bridgehead atoms. The van der Waals surface area contributed by atoms with Gasteiger partial charge in [-0.25, -0.2) is 9.59 Å². The lowest BCUT2D eigenvalue weighted by atomic mass is 10.0. The Labute approximate surface area is 87.5 Å². The zero-order chi connectivity index (χ0) is 11.3. The Morgan fingerprint density at radius 2 is 2.27 bits per heavy atom. The van der Waals surface area contributed by atoms with Gasteiger partial charge in [-0.1, -0.05) is 0 Å². The fourth-order valence-electron chi connectivity index (χ4n) is 1.53. The standard InChI is InChI=1S/C9H15NO5/c1-14-9(13)10-7(8(11)12)6-4-2-3-5-15-6/h6-7H,2-5H2,1H3,(H,10,13)(H,11,12)/t6-,7+/m1/s1. The summed E-state index contributed by atoms with van der Waals surface area (Å²) in [7, 11) is 1.19. The van der Waals surface area contributed by atoms with Gasteiger partial charge in [0.15, 0.2) is 6.04 Å². The number of carboxylic acid groups (broad SMARTS) is 1. The molecule has 0 unspecified atom stereocenters. The van der Waals surface area contributed by atoms with Gasteiger partial charge in [0.25, 0.3) is 0 Å². The summed E-state index contributed by atoms with van der Waals surface area (Å²) in [6.45, 7) is 0.539. The third-order valence-electron chi connectivity index (χ3n) is 2.31. The largest absolute Gasteiger partial charge is 0.480 e. The van der Waals surface area contributed by atoms with E-state index in [0.717, 1.165) is 12.8 Å². The SMILES string of the molecule is COC(=O)N[C@H](C(=O)O)[C@H]1CCCCO1. The summed E-state index contributed by atoms with van der Waals surface area (Å²) in [5.41, 5.74) is 0. The van der Waals surface area contributed by atoms with E-state index >= 15 is 0 Å². The highest BCUT2D eigenvalue weighted by Crippen LogP contribution is 2.16. The predicted octanol–water partition coefficient (Wildman–Crippen LogP) is 0.365. The lowest BCUT2D eigenvalue weighted by Crippen LogP contribution is -2.50. The Kier molecular flexibility index (Phi) is 4.36. The van der Waals surface area contributed by atoms with Crippen molar-refractivity contribution in [2.24, 2.45) is 0 Å². The first-order chi connectivity index (χ1) is 7.15. The molecule has 0 aromatic rings. The second-order valence-electron chi connectivity index (χ2n) is 3.36. The van der Waals surface area contributed by atoms with Crippen molar-refractivity contribution < 1.29 is 24.2 Å². The molecule has 1 aliphatic rings. The Morgan fingerprint density at radius 1 is 1.53 bits per heavy atom. The van der Waals surface area contributed by atoms with Crippen LogP contribution in [-0.4, -0.2) is 43.0 Å². The summed E-state index contributed by atoms with van der Waals surface area (Å²) in [5, 5.41) is 11.2. The topological polar surface area (TPSA) is 84.9 Å². The molecular weight excluding hydrogens is 202 g/mol. The number of carboxylic acids is 1. The van der Waals surface area contributed by atoms with Crippen LogP contribution in [0.5, 0.6) is 0 Å². The van der Waals surface area contributed by atoms with E-state index in [0.29, 0.717) is 13.0 Å². The minimum Gasteiger partial charge on any atom is -0.480 e. The number of methoxy groups -OCH3 is 1. The Hall–Kier alpha value is -1.30. The highest BCUT2D eigenvalue weighted by atomic mass is 16.5.